The molecule has 0 saturated carbocycles. The van der Waals surface area contributed by atoms with Crippen LogP contribution in [-0.4, -0.2) is 55.5 Å². The highest BCUT2D eigenvalue weighted by atomic mass is 35.5. The van der Waals surface area contributed by atoms with Crippen molar-refractivity contribution in [3.8, 4) is 0 Å². The maximum Gasteiger partial charge on any atom is 0.249 e. The highest BCUT2D eigenvalue weighted by Gasteiger charge is 2.34. The van der Waals surface area contributed by atoms with Crippen LogP contribution in [-0.2, 0) is 34.5 Å². The van der Waals surface area contributed by atoms with Crippen LogP contribution < -0.4 is 5.32 Å². The molecule has 0 spiro atoms. The summed E-state index contributed by atoms with van der Waals surface area (Å²) >= 11 is 6.49. The number of rotatable bonds is 9. The predicted octanol–water partition coefficient (Wildman–Crippen LogP) is 3.49. The summed E-state index contributed by atoms with van der Waals surface area (Å²) in [6, 6.07) is 17.6. The van der Waals surface area contributed by atoms with E-state index >= 15 is 0 Å². The van der Waals surface area contributed by atoms with Crippen LogP contribution in [0.15, 0.2) is 66.9 Å². The van der Waals surface area contributed by atoms with E-state index in [0.717, 1.165) is 23.9 Å². The van der Waals surface area contributed by atoms with Crippen molar-refractivity contribution in [2.24, 2.45) is 7.05 Å². The first-order valence-corrected chi connectivity index (χ1v) is 12.7. The Bertz CT molecular complexity index is 1390. The lowest BCUT2D eigenvalue weighted by atomic mass is 10.1. The molecule has 2 aromatic carbocycles. The molecule has 192 valence electrons. The second kappa shape index (κ2) is 11.1. The van der Waals surface area contributed by atoms with Crippen LogP contribution in [0.4, 0.5) is 0 Å². The topological polar surface area (TPSA) is 94.3 Å². The Balaban J connectivity index is 1.50. The number of para-hydroxylation sites is 1. The quantitative estimate of drug-likeness (QED) is 0.364. The van der Waals surface area contributed by atoms with Crippen LogP contribution in [0.3, 0.4) is 0 Å². The zero-order valence-electron chi connectivity index (χ0n) is 20.6. The maximum atomic E-state index is 14.0. The van der Waals surface area contributed by atoms with Gasteiger partial charge in [-0.1, -0.05) is 47.1 Å². The normalized spacial score (nSPS) is 16.1. The summed E-state index contributed by atoms with van der Waals surface area (Å²) in [5.41, 5.74) is 2.87. The monoisotopic (exact) mass is 520 g/mol. The van der Waals surface area contributed by atoms with Crippen molar-refractivity contribution < 1.29 is 14.3 Å². The second-order valence-corrected chi connectivity index (χ2v) is 9.58. The van der Waals surface area contributed by atoms with Crippen LogP contribution >= 0.6 is 11.6 Å². The molecule has 5 rings (SSSR count). The van der Waals surface area contributed by atoms with Crippen molar-refractivity contribution in [3.63, 3.8) is 0 Å². The summed E-state index contributed by atoms with van der Waals surface area (Å²) < 4.78 is 9.11. The fourth-order valence-corrected chi connectivity index (χ4v) is 4.89. The van der Waals surface area contributed by atoms with Gasteiger partial charge in [0.05, 0.1) is 11.6 Å². The molecule has 9 nitrogen and oxygen atoms in total. The molecule has 1 aliphatic heterocycles. The summed E-state index contributed by atoms with van der Waals surface area (Å²) in [6.07, 6.45) is 3.72. The van der Waals surface area contributed by atoms with Crippen LogP contribution in [0.1, 0.15) is 30.1 Å². The fraction of sp³-hybridized carbons (Fsp3) is 0.333. The predicted molar refractivity (Wildman–Crippen MR) is 140 cm³/mol. The average molecular weight is 521 g/mol. The number of hydrogen-bond donors (Lipinski definition) is 1. The number of carbonyl (C=O) groups is 2. The lowest BCUT2D eigenvalue weighted by molar-refractivity contribution is -0.142. The minimum absolute atomic E-state index is 0.0211. The third-order valence-corrected chi connectivity index (χ3v) is 7.04. The summed E-state index contributed by atoms with van der Waals surface area (Å²) in [7, 11) is 1.86. The average Bonchev–Trinajstić information content (AvgIpc) is 3.66. The molecule has 4 aromatic rings. The Hall–Kier alpha value is -3.69. The van der Waals surface area contributed by atoms with E-state index in [9.17, 15) is 9.59 Å². The van der Waals surface area contributed by atoms with Gasteiger partial charge >= 0.3 is 0 Å². The summed E-state index contributed by atoms with van der Waals surface area (Å²) in [6.45, 7) is 1.16. The number of amides is 2. The summed E-state index contributed by atoms with van der Waals surface area (Å²) in [5.74, 6) is -0.560. The number of fused-ring (bicyclic) bond motifs is 1. The standard InChI is InChI=1S/C27H29ClN6O3/c1-32-14-6-13-24(32)26(27(36)29-16-20-9-7-15-37-20)33(17-19-8-2-3-10-21(19)28)25(35)18-34-23-12-5-4-11-22(23)30-31-34/h2-6,8,10-14,20,26H,7,9,15-18H2,1H3,(H,29,36)/t20-,26+/m1/s1. The van der Waals surface area contributed by atoms with E-state index in [1.54, 1.807) is 15.6 Å². The van der Waals surface area contributed by atoms with Gasteiger partial charge in [-0.3, -0.25) is 9.59 Å². The lowest BCUT2D eigenvalue weighted by Crippen LogP contribution is -2.46. The molecule has 2 amide bonds. The number of carbonyl (C=O) groups excluding carboxylic acids is 2. The minimum Gasteiger partial charge on any atom is -0.376 e. The van der Waals surface area contributed by atoms with Gasteiger partial charge < -0.3 is 19.5 Å². The lowest BCUT2D eigenvalue weighted by Gasteiger charge is -2.32. The molecule has 1 fully saturated rings. The van der Waals surface area contributed by atoms with E-state index in [0.29, 0.717) is 29.4 Å². The molecule has 1 aliphatic rings. The van der Waals surface area contributed by atoms with E-state index in [2.05, 4.69) is 15.6 Å². The molecule has 0 radical (unpaired) electrons. The Morgan fingerprint density at radius 1 is 1.16 bits per heavy atom. The molecule has 0 aliphatic carbocycles. The minimum atomic E-state index is -0.889. The Kier molecular flexibility index (Phi) is 7.52. The molecule has 37 heavy (non-hydrogen) atoms. The number of nitrogens with zero attached hydrogens (tertiary/aromatic N) is 5. The SMILES string of the molecule is Cn1cccc1[C@@H](C(=O)NC[C@H]1CCCO1)N(Cc1ccccc1Cl)C(=O)Cn1nnc2ccccc21. The fourth-order valence-electron chi connectivity index (χ4n) is 4.70. The maximum absolute atomic E-state index is 14.0. The van der Waals surface area contributed by atoms with Crippen LogP contribution in [0.25, 0.3) is 11.0 Å². The first kappa shape index (κ1) is 25.0. The molecule has 2 aromatic heterocycles. The largest absolute Gasteiger partial charge is 0.376 e. The van der Waals surface area contributed by atoms with Crippen molar-refractivity contribution in [3.05, 3.63) is 83.1 Å². The smallest absolute Gasteiger partial charge is 0.249 e. The van der Waals surface area contributed by atoms with Gasteiger partial charge in [0, 0.05) is 43.7 Å². The zero-order valence-corrected chi connectivity index (χ0v) is 21.3. The zero-order chi connectivity index (χ0) is 25.8. The molecule has 1 N–H and O–H groups in total. The molecule has 0 bridgehead atoms. The third-order valence-electron chi connectivity index (χ3n) is 6.68. The number of halogens is 1. The van der Waals surface area contributed by atoms with Crippen molar-refractivity contribution in [1.82, 2.24) is 29.8 Å². The van der Waals surface area contributed by atoms with E-state index in [-0.39, 0.29) is 31.0 Å². The second-order valence-electron chi connectivity index (χ2n) is 9.18. The molecule has 0 unspecified atom stereocenters. The molecular formula is C27H29ClN6O3. The molecule has 1 saturated heterocycles. The molecule has 3 heterocycles. The Labute approximate surface area is 219 Å². The first-order chi connectivity index (χ1) is 18.0. The highest BCUT2D eigenvalue weighted by Crippen LogP contribution is 2.27. The Morgan fingerprint density at radius 3 is 2.73 bits per heavy atom. The van der Waals surface area contributed by atoms with Gasteiger partial charge in [-0.15, -0.1) is 5.10 Å². The van der Waals surface area contributed by atoms with Gasteiger partial charge in [-0.05, 0) is 48.7 Å². The number of aromatic nitrogens is 4. The van der Waals surface area contributed by atoms with E-state index < -0.39 is 6.04 Å². The third kappa shape index (κ3) is 5.52. The first-order valence-electron chi connectivity index (χ1n) is 12.3. The summed E-state index contributed by atoms with van der Waals surface area (Å²) in [4.78, 5) is 29.3. The van der Waals surface area contributed by atoms with Crippen LogP contribution in [0, 0.1) is 0 Å². The van der Waals surface area contributed by atoms with Gasteiger partial charge in [0.25, 0.3) is 0 Å². The van der Waals surface area contributed by atoms with Crippen LogP contribution in [0.2, 0.25) is 5.02 Å². The van der Waals surface area contributed by atoms with E-state index in [4.69, 9.17) is 16.3 Å². The Morgan fingerprint density at radius 2 is 1.97 bits per heavy atom. The van der Waals surface area contributed by atoms with Crippen LogP contribution in [0.5, 0.6) is 0 Å². The highest BCUT2D eigenvalue weighted by molar-refractivity contribution is 6.31. The molecular weight excluding hydrogens is 492 g/mol. The van der Waals surface area contributed by atoms with Crippen molar-refractivity contribution in [1.29, 1.82) is 0 Å². The van der Waals surface area contributed by atoms with E-state index in [1.165, 1.54) is 0 Å². The number of benzene rings is 2. The van der Waals surface area contributed by atoms with Crippen molar-refractivity contribution in [2.75, 3.05) is 13.2 Å². The van der Waals surface area contributed by atoms with Gasteiger partial charge in [0.2, 0.25) is 11.8 Å². The summed E-state index contributed by atoms with van der Waals surface area (Å²) in [5, 5.41) is 11.9. The number of hydrogen-bond acceptors (Lipinski definition) is 5. The van der Waals surface area contributed by atoms with Crippen molar-refractivity contribution in [2.45, 2.75) is 38.1 Å². The van der Waals surface area contributed by atoms with Gasteiger partial charge in [0.15, 0.2) is 6.04 Å². The number of nitrogens with one attached hydrogen (secondary N) is 1. The van der Waals surface area contributed by atoms with Gasteiger partial charge in [0.1, 0.15) is 12.1 Å². The molecule has 2 atom stereocenters. The number of aryl methyl sites for hydroxylation is 1. The van der Waals surface area contributed by atoms with E-state index in [1.807, 2.05) is 72.4 Å². The molecule has 10 heteroatoms. The van der Waals surface area contributed by atoms with Gasteiger partial charge in [-0.25, -0.2) is 4.68 Å². The van der Waals surface area contributed by atoms with Gasteiger partial charge in [-0.2, -0.15) is 0 Å². The van der Waals surface area contributed by atoms with Crippen molar-refractivity contribution >= 4 is 34.4 Å². The number of ether oxygens (including phenoxy) is 1.